The van der Waals surface area contributed by atoms with Crippen LogP contribution in [0.5, 0.6) is 0 Å². The van der Waals surface area contributed by atoms with Crippen LogP contribution in [0.25, 0.3) is 93.9 Å². The summed E-state index contributed by atoms with van der Waals surface area (Å²) in [5, 5.41) is 2.05. The maximum Gasteiger partial charge on any atom is 0.159 e. The fourth-order valence-corrected chi connectivity index (χ4v) is 15.5. The Balaban J connectivity index is 0.917. The molecule has 530 valence electrons. The highest BCUT2D eigenvalue weighted by Gasteiger charge is 2.31. The van der Waals surface area contributed by atoms with Crippen molar-refractivity contribution in [3.05, 3.63) is 405 Å². The number of fused-ring (bicyclic) bond motifs is 6. The van der Waals surface area contributed by atoms with Crippen molar-refractivity contribution in [3.63, 3.8) is 0 Å². The molecule has 0 aliphatic carbocycles. The lowest BCUT2D eigenvalue weighted by Crippen LogP contribution is -2.19. The summed E-state index contributed by atoms with van der Waals surface area (Å²) in [6.45, 7) is 13.5. The summed E-state index contributed by atoms with van der Waals surface area (Å²) in [7, 11) is 0. The molecule has 0 aliphatic rings. The van der Waals surface area contributed by atoms with Crippen molar-refractivity contribution < 1.29 is 15.4 Å². The first kappa shape index (κ1) is 59.5. The van der Waals surface area contributed by atoms with Crippen molar-refractivity contribution >= 4 is 112 Å². The molecule has 0 amide bonds. The number of hydrogen-bond acceptors (Lipinski definition) is 5. The molecule has 18 aromatic rings. The number of aromatic nitrogens is 1. The standard InChI is InChI=1S/C104H83N5O/c1-103(2,3)76-64-84(70-86(66-76)108(101-90(74-40-17-9-18-41-74)57-34-58-91(101)75-42-19-10-20-43-75)82-50-32-51-83(69-82)109-96-60-28-25-52-92(96)93-53-26-29-61-97(93)109)105(78-44-21-11-22-45-78)80-48-31-49-81(68-80)107(100-88(72-36-13-7-14-37-72)55-33-56-89(100)73-38-15-8-16-39-73)87-67-77(104(4,5)6)65-85(71-87)106(79-46-23-12-24-47-79)98-62-35-59-95-94-54-27-30-63-99(94)110-102(95)98/h7-71H,1-6H3/i25D,26D,28D,29D,52D,53D,60D,61D. The van der Waals surface area contributed by atoms with Crippen molar-refractivity contribution in [2.75, 3.05) is 19.6 Å². The molecule has 0 unspecified atom stereocenters. The van der Waals surface area contributed by atoms with Crippen LogP contribution in [0.15, 0.2) is 399 Å². The van der Waals surface area contributed by atoms with Crippen LogP contribution in [0, 0.1) is 0 Å². The predicted octanol–water partition coefficient (Wildman–Crippen LogP) is 29.8. The van der Waals surface area contributed by atoms with Gasteiger partial charge in [0.2, 0.25) is 0 Å². The summed E-state index contributed by atoms with van der Waals surface area (Å²) in [6.07, 6.45) is 0. The van der Waals surface area contributed by atoms with E-state index in [1.54, 1.807) is 4.57 Å². The molecular formula is C104H83N5O. The van der Waals surface area contributed by atoms with Gasteiger partial charge in [-0.15, -0.1) is 0 Å². The van der Waals surface area contributed by atoms with Crippen LogP contribution >= 0.6 is 0 Å². The molecule has 2 aromatic heterocycles. The highest BCUT2D eigenvalue weighted by atomic mass is 16.3. The topological polar surface area (TPSA) is 31.0 Å². The zero-order valence-corrected chi connectivity index (χ0v) is 62.1. The quantitative estimate of drug-likeness (QED) is 0.0907. The van der Waals surface area contributed by atoms with E-state index in [1.807, 2.05) is 78.9 Å². The molecule has 110 heavy (non-hydrogen) atoms. The van der Waals surface area contributed by atoms with E-state index in [4.69, 9.17) is 9.90 Å². The van der Waals surface area contributed by atoms with Crippen LogP contribution in [0.3, 0.4) is 0 Å². The van der Waals surface area contributed by atoms with Gasteiger partial charge in [-0.2, -0.15) is 0 Å². The number of anilines is 12. The minimum absolute atomic E-state index is 0.00481. The van der Waals surface area contributed by atoms with E-state index in [2.05, 4.69) is 328 Å². The Morgan fingerprint density at radius 3 is 1.07 bits per heavy atom. The second kappa shape index (κ2) is 28.6. The fourth-order valence-electron chi connectivity index (χ4n) is 15.5. The van der Waals surface area contributed by atoms with Gasteiger partial charge in [-0.1, -0.05) is 314 Å². The third kappa shape index (κ3) is 12.8. The highest BCUT2D eigenvalue weighted by molar-refractivity contribution is 6.12. The van der Waals surface area contributed by atoms with Crippen LogP contribution in [0.2, 0.25) is 0 Å². The third-order valence-corrected chi connectivity index (χ3v) is 20.8. The average molecular weight is 1430 g/mol. The Labute approximate surface area is 655 Å². The number of hydrogen-bond donors (Lipinski definition) is 0. The average Bonchev–Trinajstić information content (AvgIpc) is 1.54. The number of benzene rings is 16. The van der Waals surface area contributed by atoms with E-state index in [0.717, 1.165) is 140 Å². The van der Waals surface area contributed by atoms with Crippen molar-refractivity contribution in [2.45, 2.75) is 52.4 Å². The Morgan fingerprint density at radius 2 is 0.609 bits per heavy atom. The monoisotopic (exact) mass is 1430 g/mol. The Morgan fingerprint density at radius 1 is 0.273 bits per heavy atom. The Bertz CT molecular complexity index is 6690. The molecule has 16 aromatic carbocycles. The number of para-hydroxylation sites is 8. The van der Waals surface area contributed by atoms with Gasteiger partial charge in [0.25, 0.3) is 0 Å². The molecular weight excluding hydrogens is 1340 g/mol. The molecule has 0 saturated heterocycles. The SMILES string of the molecule is [2H]c1c([2H])c([2H])c2c(c1[2H])c1c([2H])c([2H])c([2H])c([2H])c1n2-c1cccc(N(c2cc(N(c3ccccc3)c3cccc(N(c4cc(N(c5ccccc5)c5cccc6c5oc5ccccc56)cc(C(C)(C)C)c4)c4c(-c5ccccc5)cccc4-c4ccccc4)c3)cc(C(C)(C)C)c2)c2c(-c3ccccc3)cccc2-c2ccccc2)c1. The van der Waals surface area contributed by atoms with Gasteiger partial charge in [0.1, 0.15) is 5.58 Å². The number of rotatable bonds is 17. The van der Waals surface area contributed by atoms with Crippen LogP contribution < -0.4 is 19.6 Å². The van der Waals surface area contributed by atoms with Crippen LogP contribution in [0.4, 0.5) is 68.2 Å². The minimum atomic E-state index is -0.510. The highest BCUT2D eigenvalue weighted by Crippen LogP contribution is 2.54. The normalized spacial score (nSPS) is 12.7. The van der Waals surface area contributed by atoms with Gasteiger partial charge in [0.05, 0.1) is 39.1 Å². The molecule has 0 N–H and O–H groups in total. The fraction of sp³-hybridized carbons (Fsp3) is 0.0769. The minimum Gasteiger partial charge on any atom is -0.454 e. The molecule has 0 fully saturated rings. The molecule has 2 heterocycles. The lowest BCUT2D eigenvalue weighted by atomic mass is 9.85. The summed E-state index contributed by atoms with van der Waals surface area (Å²) in [4.78, 5) is 9.44. The van der Waals surface area contributed by atoms with Crippen molar-refractivity contribution in [2.24, 2.45) is 0 Å². The molecule has 18 rings (SSSR count). The van der Waals surface area contributed by atoms with E-state index >= 15 is 0 Å². The summed E-state index contributed by atoms with van der Waals surface area (Å²) < 4.78 is 82.9. The van der Waals surface area contributed by atoms with E-state index in [1.165, 1.54) is 0 Å². The molecule has 0 spiro atoms. The lowest BCUT2D eigenvalue weighted by molar-refractivity contribution is 0.590. The number of furan rings is 1. The Hall–Kier alpha value is -13.7. The largest absolute Gasteiger partial charge is 0.454 e. The zero-order valence-electron chi connectivity index (χ0n) is 70.1. The zero-order chi connectivity index (χ0) is 81.4. The predicted molar refractivity (Wildman–Crippen MR) is 466 cm³/mol. The van der Waals surface area contributed by atoms with Crippen molar-refractivity contribution in [1.82, 2.24) is 4.57 Å². The van der Waals surface area contributed by atoms with Gasteiger partial charge in [-0.3, -0.25) is 0 Å². The first-order valence-electron chi connectivity index (χ1n) is 41.4. The van der Waals surface area contributed by atoms with Gasteiger partial charge >= 0.3 is 0 Å². The van der Waals surface area contributed by atoms with Crippen LogP contribution in [0.1, 0.15) is 63.6 Å². The molecule has 6 heteroatoms. The second-order valence-corrected chi connectivity index (χ2v) is 29.9. The maximum atomic E-state index is 9.65. The van der Waals surface area contributed by atoms with E-state index < -0.39 is 41.7 Å². The molecule has 0 bridgehead atoms. The third-order valence-electron chi connectivity index (χ3n) is 20.8. The van der Waals surface area contributed by atoms with Crippen molar-refractivity contribution in [3.8, 4) is 50.2 Å². The number of nitrogens with zero attached hydrogens (tertiary/aromatic N) is 5. The Kier molecular flexibility index (Phi) is 15.4. The summed E-state index contributed by atoms with van der Waals surface area (Å²) in [5.74, 6) is 0. The van der Waals surface area contributed by atoms with Gasteiger partial charge in [0.15, 0.2) is 5.58 Å². The first-order chi connectivity index (χ1) is 57.2. The molecule has 0 saturated carbocycles. The molecule has 6 nitrogen and oxygen atoms in total. The van der Waals surface area contributed by atoms with Crippen LogP contribution in [-0.4, -0.2) is 4.57 Å². The summed E-state index contributed by atoms with van der Waals surface area (Å²) >= 11 is 0. The second-order valence-electron chi connectivity index (χ2n) is 29.9. The van der Waals surface area contributed by atoms with Gasteiger partial charge in [0, 0.05) is 101 Å². The summed E-state index contributed by atoms with van der Waals surface area (Å²) in [6, 6.07) is 118. The smallest absolute Gasteiger partial charge is 0.159 e. The van der Waals surface area contributed by atoms with Gasteiger partial charge in [-0.25, -0.2) is 0 Å². The van der Waals surface area contributed by atoms with Gasteiger partial charge in [-0.05, 0) is 165 Å². The van der Waals surface area contributed by atoms with E-state index in [9.17, 15) is 5.48 Å². The van der Waals surface area contributed by atoms with Crippen LogP contribution in [-0.2, 0) is 10.8 Å². The van der Waals surface area contributed by atoms with Gasteiger partial charge < -0.3 is 28.6 Å². The molecule has 0 atom stereocenters. The molecule has 0 aliphatic heterocycles. The first-order valence-corrected chi connectivity index (χ1v) is 37.4. The molecule has 0 radical (unpaired) electrons. The van der Waals surface area contributed by atoms with E-state index in [-0.39, 0.29) is 39.3 Å². The maximum absolute atomic E-state index is 9.65. The van der Waals surface area contributed by atoms with E-state index in [0.29, 0.717) is 11.4 Å². The lowest BCUT2D eigenvalue weighted by Gasteiger charge is -2.35. The van der Waals surface area contributed by atoms with Crippen molar-refractivity contribution in [1.29, 1.82) is 0 Å². The summed E-state index contributed by atoms with van der Waals surface area (Å²) in [5.41, 5.74) is 21.4.